The number of carbonyl (C=O) groups excluding carboxylic acids is 1. The SMILES string of the molecule is CCC1NC(CC)N(C(C)CN(CC)CC)C1=O. The Labute approximate surface area is 112 Å². The molecule has 3 atom stereocenters. The Morgan fingerprint density at radius 1 is 1.22 bits per heavy atom. The predicted octanol–water partition coefficient (Wildman–Crippen LogP) is 1.66. The monoisotopic (exact) mass is 255 g/mol. The highest BCUT2D eigenvalue weighted by Crippen LogP contribution is 2.19. The van der Waals surface area contributed by atoms with Crippen LogP contribution in [0.15, 0.2) is 0 Å². The van der Waals surface area contributed by atoms with E-state index < -0.39 is 0 Å². The number of amides is 1. The normalized spacial score (nSPS) is 26.1. The van der Waals surface area contributed by atoms with Crippen molar-refractivity contribution in [1.29, 1.82) is 0 Å². The van der Waals surface area contributed by atoms with Gasteiger partial charge in [-0.25, -0.2) is 0 Å². The Morgan fingerprint density at radius 3 is 2.28 bits per heavy atom. The summed E-state index contributed by atoms with van der Waals surface area (Å²) in [5.74, 6) is 0.281. The van der Waals surface area contributed by atoms with E-state index in [4.69, 9.17) is 0 Å². The summed E-state index contributed by atoms with van der Waals surface area (Å²) in [6, 6.07) is 0.306. The molecule has 1 saturated heterocycles. The van der Waals surface area contributed by atoms with E-state index in [0.29, 0.717) is 0 Å². The Balaban J connectivity index is 2.69. The first-order chi connectivity index (χ1) is 8.58. The third-order valence-electron chi connectivity index (χ3n) is 3.97. The van der Waals surface area contributed by atoms with Crippen molar-refractivity contribution < 1.29 is 4.79 Å². The fraction of sp³-hybridized carbons (Fsp3) is 0.929. The topological polar surface area (TPSA) is 35.6 Å². The zero-order valence-electron chi connectivity index (χ0n) is 12.6. The Kier molecular flexibility index (Phi) is 6.09. The van der Waals surface area contributed by atoms with Crippen LogP contribution in [0.1, 0.15) is 47.5 Å². The van der Waals surface area contributed by atoms with E-state index in [1.807, 2.05) is 0 Å². The molecule has 4 heteroatoms. The number of nitrogens with one attached hydrogen (secondary N) is 1. The molecule has 1 aliphatic heterocycles. The number of hydrogen-bond acceptors (Lipinski definition) is 3. The average Bonchev–Trinajstić information content (AvgIpc) is 2.71. The molecule has 0 aromatic rings. The molecule has 1 amide bonds. The first-order valence-electron chi connectivity index (χ1n) is 7.39. The molecule has 18 heavy (non-hydrogen) atoms. The second-order valence-corrected chi connectivity index (χ2v) is 5.13. The summed E-state index contributed by atoms with van der Waals surface area (Å²) >= 11 is 0. The van der Waals surface area contributed by atoms with Crippen molar-refractivity contribution in [2.75, 3.05) is 19.6 Å². The molecule has 4 nitrogen and oxygen atoms in total. The summed E-state index contributed by atoms with van der Waals surface area (Å²) in [6.07, 6.45) is 2.07. The Bertz CT molecular complexity index is 266. The molecule has 1 N–H and O–H groups in total. The van der Waals surface area contributed by atoms with E-state index in [-0.39, 0.29) is 24.2 Å². The predicted molar refractivity (Wildman–Crippen MR) is 75.4 cm³/mol. The summed E-state index contributed by atoms with van der Waals surface area (Å²) in [6.45, 7) is 13.8. The minimum atomic E-state index is 0.0223. The lowest BCUT2D eigenvalue weighted by molar-refractivity contribution is -0.132. The smallest absolute Gasteiger partial charge is 0.241 e. The van der Waals surface area contributed by atoms with E-state index >= 15 is 0 Å². The van der Waals surface area contributed by atoms with E-state index in [9.17, 15) is 4.79 Å². The third kappa shape index (κ3) is 3.23. The summed E-state index contributed by atoms with van der Waals surface area (Å²) in [5, 5.41) is 3.44. The van der Waals surface area contributed by atoms with Crippen LogP contribution in [0.2, 0.25) is 0 Å². The maximum Gasteiger partial charge on any atom is 0.241 e. The summed E-state index contributed by atoms with van der Waals surface area (Å²) in [5.41, 5.74) is 0. The fourth-order valence-corrected chi connectivity index (χ4v) is 2.79. The molecule has 106 valence electrons. The second-order valence-electron chi connectivity index (χ2n) is 5.13. The van der Waals surface area contributed by atoms with Gasteiger partial charge in [0.15, 0.2) is 0 Å². The van der Waals surface area contributed by atoms with Crippen molar-refractivity contribution in [2.45, 2.75) is 65.7 Å². The zero-order valence-corrected chi connectivity index (χ0v) is 12.6. The molecule has 0 aromatic carbocycles. The van der Waals surface area contributed by atoms with Crippen LogP contribution in [-0.4, -0.2) is 53.6 Å². The second kappa shape index (κ2) is 7.10. The van der Waals surface area contributed by atoms with Crippen LogP contribution in [0.25, 0.3) is 0 Å². The fourth-order valence-electron chi connectivity index (χ4n) is 2.79. The quantitative estimate of drug-likeness (QED) is 0.751. The largest absolute Gasteiger partial charge is 0.322 e. The Morgan fingerprint density at radius 2 is 1.83 bits per heavy atom. The molecule has 0 aromatic heterocycles. The highest BCUT2D eigenvalue weighted by molar-refractivity contribution is 5.84. The first kappa shape index (κ1) is 15.4. The van der Waals surface area contributed by atoms with Gasteiger partial charge in [-0.3, -0.25) is 10.1 Å². The molecule has 0 radical (unpaired) electrons. The van der Waals surface area contributed by atoms with E-state index in [1.54, 1.807) is 0 Å². The maximum atomic E-state index is 12.4. The van der Waals surface area contributed by atoms with Crippen molar-refractivity contribution in [3.8, 4) is 0 Å². The van der Waals surface area contributed by atoms with Crippen LogP contribution in [0.3, 0.4) is 0 Å². The van der Waals surface area contributed by atoms with Gasteiger partial charge in [-0.05, 0) is 32.9 Å². The van der Waals surface area contributed by atoms with E-state index in [0.717, 1.165) is 32.5 Å². The molecule has 1 aliphatic rings. The molecular formula is C14H29N3O. The molecular weight excluding hydrogens is 226 g/mol. The van der Waals surface area contributed by atoms with Gasteiger partial charge in [0.05, 0.1) is 12.2 Å². The van der Waals surface area contributed by atoms with Crippen molar-refractivity contribution >= 4 is 5.91 Å². The van der Waals surface area contributed by atoms with Gasteiger partial charge < -0.3 is 9.80 Å². The van der Waals surface area contributed by atoms with E-state index in [2.05, 4.69) is 49.7 Å². The number of hydrogen-bond donors (Lipinski definition) is 1. The molecule has 0 saturated carbocycles. The van der Waals surface area contributed by atoms with Crippen LogP contribution in [-0.2, 0) is 4.79 Å². The van der Waals surface area contributed by atoms with Crippen LogP contribution in [0.5, 0.6) is 0 Å². The van der Waals surface area contributed by atoms with Gasteiger partial charge in [0, 0.05) is 12.6 Å². The average molecular weight is 255 g/mol. The highest BCUT2D eigenvalue weighted by Gasteiger charge is 2.39. The molecule has 1 heterocycles. The van der Waals surface area contributed by atoms with Gasteiger partial charge in [0.25, 0.3) is 0 Å². The first-order valence-corrected chi connectivity index (χ1v) is 7.39. The summed E-state index contributed by atoms with van der Waals surface area (Å²) in [4.78, 5) is 16.8. The van der Waals surface area contributed by atoms with Crippen LogP contribution in [0.4, 0.5) is 0 Å². The standard InChI is InChI=1S/C14H29N3O/c1-6-12-14(18)17(13(7-2)15-12)11(5)10-16(8-3)9-4/h11-13,15H,6-10H2,1-5H3. The van der Waals surface area contributed by atoms with Gasteiger partial charge in [0.1, 0.15) is 0 Å². The van der Waals surface area contributed by atoms with Crippen molar-refractivity contribution in [3.05, 3.63) is 0 Å². The van der Waals surface area contributed by atoms with Crippen molar-refractivity contribution in [1.82, 2.24) is 15.1 Å². The molecule has 0 spiro atoms. The highest BCUT2D eigenvalue weighted by atomic mass is 16.2. The van der Waals surface area contributed by atoms with Crippen molar-refractivity contribution in [2.24, 2.45) is 0 Å². The van der Waals surface area contributed by atoms with Crippen LogP contribution in [0, 0.1) is 0 Å². The van der Waals surface area contributed by atoms with Gasteiger partial charge in [0.2, 0.25) is 5.91 Å². The summed E-state index contributed by atoms with van der Waals surface area (Å²) in [7, 11) is 0. The summed E-state index contributed by atoms with van der Waals surface area (Å²) < 4.78 is 0. The third-order valence-corrected chi connectivity index (χ3v) is 3.97. The van der Waals surface area contributed by atoms with Gasteiger partial charge in [-0.2, -0.15) is 0 Å². The minimum Gasteiger partial charge on any atom is -0.322 e. The number of rotatable bonds is 7. The van der Waals surface area contributed by atoms with Gasteiger partial charge >= 0.3 is 0 Å². The lowest BCUT2D eigenvalue weighted by Crippen LogP contribution is -2.48. The lowest BCUT2D eigenvalue weighted by atomic mass is 10.2. The molecule has 0 aliphatic carbocycles. The van der Waals surface area contributed by atoms with Gasteiger partial charge in [-0.15, -0.1) is 0 Å². The number of nitrogens with zero attached hydrogens (tertiary/aromatic N) is 2. The van der Waals surface area contributed by atoms with Crippen LogP contribution < -0.4 is 5.32 Å². The van der Waals surface area contributed by atoms with Gasteiger partial charge in [-0.1, -0.05) is 27.7 Å². The lowest BCUT2D eigenvalue weighted by Gasteiger charge is -2.33. The molecule has 3 unspecified atom stereocenters. The van der Waals surface area contributed by atoms with E-state index in [1.165, 1.54) is 0 Å². The minimum absolute atomic E-state index is 0.0223. The van der Waals surface area contributed by atoms with Crippen LogP contribution >= 0.6 is 0 Å². The molecule has 1 fully saturated rings. The van der Waals surface area contributed by atoms with Crippen molar-refractivity contribution in [3.63, 3.8) is 0 Å². The Hall–Kier alpha value is -0.610. The maximum absolute atomic E-state index is 12.4. The molecule has 1 rings (SSSR count). The zero-order chi connectivity index (χ0) is 13.7. The number of carbonyl (C=O) groups is 1. The molecule has 0 bridgehead atoms. The number of likely N-dealkylation sites (N-methyl/N-ethyl adjacent to an activating group) is 1.